The van der Waals surface area contributed by atoms with Crippen LogP contribution in [0.1, 0.15) is 19.0 Å². The van der Waals surface area contributed by atoms with Gasteiger partial charge in [-0.05, 0) is 20.3 Å². The predicted octanol–water partition coefficient (Wildman–Crippen LogP) is 3.42. The van der Waals surface area contributed by atoms with Crippen molar-refractivity contribution in [1.29, 1.82) is 0 Å². The molecule has 3 rings (SSSR count). The lowest BCUT2D eigenvalue weighted by Gasteiger charge is -2.25. The molecule has 3 aromatic rings. The molecule has 0 spiro atoms. The highest BCUT2D eigenvalue weighted by atomic mass is 19.1. The lowest BCUT2D eigenvalue weighted by atomic mass is 10.2. The van der Waals surface area contributed by atoms with Crippen LogP contribution in [-0.2, 0) is 7.05 Å². The number of halogens is 2. The first kappa shape index (κ1) is 24.1. The van der Waals surface area contributed by atoms with Gasteiger partial charge in [-0.1, -0.05) is 0 Å². The van der Waals surface area contributed by atoms with Crippen LogP contribution in [0, 0.1) is 18.6 Å². The van der Waals surface area contributed by atoms with E-state index in [2.05, 4.69) is 15.1 Å². The predicted molar refractivity (Wildman–Crippen MR) is 120 cm³/mol. The summed E-state index contributed by atoms with van der Waals surface area (Å²) in [6, 6.07) is 1.12. The number of hydrogen-bond donors (Lipinski definition) is 1. The topological polar surface area (TPSA) is 97.9 Å². The first-order chi connectivity index (χ1) is 15.8. The summed E-state index contributed by atoms with van der Waals surface area (Å²) in [6.07, 6.45) is 5.46. The Morgan fingerprint density at radius 2 is 1.85 bits per heavy atom. The molecule has 0 saturated heterocycles. The van der Waals surface area contributed by atoms with Crippen LogP contribution in [0.4, 0.5) is 20.3 Å². The summed E-state index contributed by atoms with van der Waals surface area (Å²) in [6.45, 7) is 3.57. The van der Waals surface area contributed by atoms with Gasteiger partial charge in [0.15, 0.2) is 29.0 Å². The van der Waals surface area contributed by atoms with Gasteiger partial charge >= 0.3 is 0 Å². The number of anilines is 1. The molecule has 1 N–H and O–H groups in total. The molecule has 2 heterocycles. The van der Waals surface area contributed by atoms with Crippen molar-refractivity contribution in [3.63, 3.8) is 0 Å². The van der Waals surface area contributed by atoms with E-state index in [9.17, 15) is 13.9 Å². The summed E-state index contributed by atoms with van der Waals surface area (Å²) < 4.78 is 41.4. The second-order valence-corrected chi connectivity index (χ2v) is 7.21. The summed E-state index contributed by atoms with van der Waals surface area (Å²) in [7, 11) is 4.33. The summed E-state index contributed by atoms with van der Waals surface area (Å²) in [4.78, 5) is 15.0. The second-order valence-electron chi connectivity index (χ2n) is 7.21. The van der Waals surface area contributed by atoms with Gasteiger partial charge < -0.3 is 19.5 Å². The maximum atomic E-state index is 14.9. The zero-order valence-electron chi connectivity index (χ0n) is 19.1. The molecule has 0 radical (unpaired) electrons. The molecule has 0 aliphatic heterocycles. The summed E-state index contributed by atoms with van der Waals surface area (Å²) >= 11 is 0. The Labute approximate surface area is 190 Å². The molecule has 0 aliphatic rings. The molecule has 0 atom stereocenters. The number of benzene rings is 1. The lowest BCUT2D eigenvalue weighted by molar-refractivity contribution is 0.291. The molecule has 0 fully saturated rings. The number of nitrogens with zero attached hydrogens (tertiary/aromatic N) is 6. The van der Waals surface area contributed by atoms with E-state index in [-0.39, 0.29) is 23.9 Å². The first-order valence-corrected chi connectivity index (χ1v) is 10.2. The van der Waals surface area contributed by atoms with Crippen LogP contribution >= 0.6 is 0 Å². The van der Waals surface area contributed by atoms with Crippen LogP contribution < -0.4 is 14.4 Å². The Balaban J connectivity index is 2.12. The van der Waals surface area contributed by atoms with Crippen LogP contribution in [0.25, 0.3) is 11.3 Å². The molecule has 11 heteroatoms. The molecule has 0 saturated carbocycles. The minimum atomic E-state index is -0.954. The number of ether oxygens (including phenoxy) is 2. The van der Waals surface area contributed by atoms with Crippen molar-refractivity contribution in [2.75, 3.05) is 32.3 Å². The van der Waals surface area contributed by atoms with Gasteiger partial charge in [0.05, 0.1) is 38.0 Å². The molecule has 0 unspecified atom stereocenters. The molecule has 9 nitrogen and oxygen atoms in total. The van der Waals surface area contributed by atoms with Crippen molar-refractivity contribution in [3.8, 4) is 22.8 Å². The van der Waals surface area contributed by atoms with Crippen molar-refractivity contribution in [2.24, 2.45) is 12.0 Å². The summed E-state index contributed by atoms with van der Waals surface area (Å²) in [5, 5.41) is 13.6. The fraction of sp³-hybridized carbons (Fsp3) is 0.364. The molecule has 2 aromatic heterocycles. The third-order valence-electron chi connectivity index (χ3n) is 4.94. The quantitative estimate of drug-likeness (QED) is 0.406. The number of aryl methyl sites for hydroxylation is 2. The zero-order valence-corrected chi connectivity index (χ0v) is 19.1. The van der Waals surface area contributed by atoms with Gasteiger partial charge in [0.25, 0.3) is 0 Å². The fourth-order valence-electron chi connectivity index (χ4n) is 3.23. The van der Waals surface area contributed by atoms with E-state index in [1.165, 1.54) is 14.2 Å². The number of rotatable bonds is 8. The van der Waals surface area contributed by atoms with Gasteiger partial charge in [0, 0.05) is 38.0 Å². The van der Waals surface area contributed by atoms with Crippen LogP contribution in [0.15, 0.2) is 29.6 Å². The van der Waals surface area contributed by atoms with Crippen molar-refractivity contribution in [1.82, 2.24) is 19.7 Å². The van der Waals surface area contributed by atoms with Crippen molar-refractivity contribution in [2.45, 2.75) is 20.3 Å². The number of aliphatic hydroxyl groups excluding tert-OH is 1. The molecular formula is C22H26F2N6O3. The van der Waals surface area contributed by atoms with Crippen molar-refractivity contribution in [3.05, 3.63) is 42.0 Å². The van der Waals surface area contributed by atoms with Gasteiger partial charge in [-0.2, -0.15) is 5.10 Å². The van der Waals surface area contributed by atoms with Crippen molar-refractivity contribution >= 4 is 17.3 Å². The zero-order chi connectivity index (χ0) is 24.1. The Kier molecular flexibility index (Phi) is 7.54. The van der Waals surface area contributed by atoms with E-state index < -0.39 is 17.3 Å². The minimum absolute atomic E-state index is 0.0890. The number of aliphatic hydroxyl groups is 1. The van der Waals surface area contributed by atoms with Crippen LogP contribution in [0.5, 0.6) is 11.5 Å². The standard InChI is InChI=1S/C22H26F2N6O3/c1-13-22(28-16(11-25-13)15-10-26-29(3)12-15)30(7-6-8-31)14(2)27-21-19(23)17(32-4)9-18(33-5)20(21)24/h9-12,31H,6-8H2,1-5H3/b27-14+. The van der Waals surface area contributed by atoms with E-state index in [0.717, 1.165) is 11.6 Å². The minimum Gasteiger partial charge on any atom is -0.493 e. The van der Waals surface area contributed by atoms with Gasteiger partial charge in [-0.3, -0.25) is 9.67 Å². The SMILES string of the molecule is COc1cc(OC)c(F)c(/N=C(\C)N(CCCO)c2nc(-c3cnn(C)c3)cnc2C)c1F. The average molecular weight is 460 g/mol. The van der Waals surface area contributed by atoms with E-state index in [4.69, 9.17) is 14.5 Å². The summed E-state index contributed by atoms with van der Waals surface area (Å²) in [5.74, 6) is -1.61. The normalized spacial score (nSPS) is 11.6. The monoisotopic (exact) mass is 460 g/mol. The summed E-state index contributed by atoms with van der Waals surface area (Å²) in [5.41, 5.74) is 1.37. The van der Waals surface area contributed by atoms with Gasteiger partial charge in [0.1, 0.15) is 11.5 Å². The largest absolute Gasteiger partial charge is 0.493 e. The number of hydrogen-bond acceptors (Lipinski definition) is 7. The maximum absolute atomic E-state index is 14.9. The molecule has 0 amide bonds. The smallest absolute Gasteiger partial charge is 0.193 e. The Morgan fingerprint density at radius 3 is 2.39 bits per heavy atom. The number of amidine groups is 1. The van der Waals surface area contributed by atoms with Gasteiger partial charge in [0.2, 0.25) is 0 Å². The maximum Gasteiger partial charge on any atom is 0.193 e. The van der Waals surface area contributed by atoms with E-state index in [0.29, 0.717) is 30.2 Å². The van der Waals surface area contributed by atoms with Gasteiger partial charge in [-0.25, -0.2) is 18.8 Å². The Morgan fingerprint density at radius 1 is 1.18 bits per heavy atom. The number of aromatic nitrogens is 4. The molecule has 1 aromatic carbocycles. The molecular weight excluding hydrogens is 434 g/mol. The highest BCUT2D eigenvalue weighted by molar-refractivity contribution is 5.97. The van der Waals surface area contributed by atoms with E-state index in [1.54, 1.807) is 49.1 Å². The Bertz CT molecular complexity index is 1140. The van der Waals surface area contributed by atoms with Crippen molar-refractivity contribution < 1.29 is 23.4 Å². The number of methoxy groups -OCH3 is 2. The lowest BCUT2D eigenvalue weighted by Crippen LogP contribution is -2.32. The second kappa shape index (κ2) is 10.3. The molecule has 176 valence electrons. The van der Waals surface area contributed by atoms with Gasteiger partial charge in [-0.15, -0.1) is 0 Å². The molecule has 0 aliphatic carbocycles. The third-order valence-corrected chi connectivity index (χ3v) is 4.94. The highest BCUT2D eigenvalue weighted by Crippen LogP contribution is 2.37. The van der Waals surface area contributed by atoms with Crippen LogP contribution in [0.3, 0.4) is 0 Å². The van der Waals surface area contributed by atoms with Crippen LogP contribution in [-0.4, -0.2) is 58.1 Å². The first-order valence-electron chi connectivity index (χ1n) is 10.2. The van der Waals surface area contributed by atoms with Crippen LogP contribution in [0.2, 0.25) is 0 Å². The highest BCUT2D eigenvalue weighted by Gasteiger charge is 2.22. The van der Waals surface area contributed by atoms with E-state index in [1.807, 2.05) is 0 Å². The molecule has 0 bridgehead atoms. The fourth-order valence-corrected chi connectivity index (χ4v) is 3.23. The third kappa shape index (κ3) is 5.08. The average Bonchev–Trinajstić information content (AvgIpc) is 3.24. The Hall–Kier alpha value is -3.60. The molecule has 33 heavy (non-hydrogen) atoms. The number of aliphatic imine (C=N–C) groups is 1. The van der Waals surface area contributed by atoms with E-state index >= 15 is 0 Å².